The van der Waals surface area contributed by atoms with Crippen LogP contribution in [0.15, 0.2) is 46.9 Å². The van der Waals surface area contributed by atoms with Crippen molar-refractivity contribution in [2.24, 2.45) is 0 Å². The minimum atomic E-state index is 0.0771. The van der Waals surface area contributed by atoms with Crippen LogP contribution in [0.1, 0.15) is 21.5 Å². The number of ketones is 1. The van der Waals surface area contributed by atoms with Gasteiger partial charge in [0.1, 0.15) is 0 Å². The Morgan fingerprint density at radius 3 is 2.44 bits per heavy atom. The highest BCUT2D eigenvalue weighted by Crippen LogP contribution is 2.20. The van der Waals surface area contributed by atoms with Gasteiger partial charge in [0, 0.05) is 21.5 Å². The van der Waals surface area contributed by atoms with Crippen molar-refractivity contribution in [1.82, 2.24) is 0 Å². The molecule has 2 aromatic carbocycles. The molecule has 0 aliphatic heterocycles. The fourth-order valence-corrected chi connectivity index (χ4v) is 2.27. The molecule has 0 saturated heterocycles. The van der Waals surface area contributed by atoms with E-state index in [0.29, 0.717) is 17.0 Å². The van der Waals surface area contributed by atoms with Gasteiger partial charge in [0.15, 0.2) is 5.78 Å². The summed E-state index contributed by atoms with van der Waals surface area (Å²) in [7, 11) is 0. The zero-order valence-corrected chi connectivity index (χ0v) is 12.3. The fourth-order valence-electron chi connectivity index (χ4n) is 1.71. The van der Waals surface area contributed by atoms with Gasteiger partial charge < -0.3 is 0 Å². The molecule has 0 heterocycles. The van der Waals surface area contributed by atoms with E-state index in [1.165, 1.54) is 0 Å². The zero-order chi connectivity index (χ0) is 13.1. The number of hydrogen-bond donors (Lipinski definition) is 0. The predicted molar refractivity (Wildman–Crippen MR) is 78.4 cm³/mol. The number of aryl methyl sites for hydroxylation is 1. The Morgan fingerprint density at radius 2 is 1.83 bits per heavy atom. The van der Waals surface area contributed by atoms with Gasteiger partial charge in [-0.3, -0.25) is 4.79 Å². The lowest BCUT2D eigenvalue weighted by Crippen LogP contribution is -2.03. The molecule has 0 amide bonds. The summed E-state index contributed by atoms with van der Waals surface area (Å²) in [5.74, 6) is 0.0771. The predicted octanol–water partition coefficient (Wildman–Crippen LogP) is 4.84. The van der Waals surface area contributed by atoms with Gasteiger partial charge in [0.2, 0.25) is 0 Å². The average molecular weight is 324 g/mol. The van der Waals surface area contributed by atoms with Gasteiger partial charge in [-0.1, -0.05) is 51.8 Å². The van der Waals surface area contributed by atoms with E-state index in [-0.39, 0.29) is 5.78 Å². The summed E-state index contributed by atoms with van der Waals surface area (Å²) in [6.07, 6.45) is 0.334. The summed E-state index contributed by atoms with van der Waals surface area (Å²) in [6, 6.07) is 13.1. The second-order valence-corrected chi connectivity index (χ2v) is 5.52. The van der Waals surface area contributed by atoms with Crippen LogP contribution in [0, 0.1) is 6.92 Å². The molecule has 2 rings (SSSR count). The summed E-state index contributed by atoms with van der Waals surface area (Å²) in [5.41, 5.74) is 2.67. The standard InChI is InChI=1S/C15H12BrClO/c1-10-2-3-12(14(17)8-10)9-15(18)11-4-6-13(16)7-5-11/h2-8H,9H2,1H3. The van der Waals surface area contributed by atoms with Crippen LogP contribution >= 0.6 is 27.5 Å². The summed E-state index contributed by atoms with van der Waals surface area (Å²) in [4.78, 5) is 12.1. The first kappa shape index (κ1) is 13.3. The molecule has 92 valence electrons. The van der Waals surface area contributed by atoms with Gasteiger partial charge in [-0.05, 0) is 36.2 Å². The third-order valence-electron chi connectivity index (χ3n) is 2.73. The van der Waals surface area contributed by atoms with Crippen LogP contribution in [0.3, 0.4) is 0 Å². The van der Waals surface area contributed by atoms with Crippen LogP contribution in [0.2, 0.25) is 5.02 Å². The molecular weight excluding hydrogens is 312 g/mol. The Morgan fingerprint density at radius 1 is 1.17 bits per heavy atom. The minimum absolute atomic E-state index is 0.0771. The number of halogens is 2. The summed E-state index contributed by atoms with van der Waals surface area (Å²) in [5, 5.41) is 0.653. The Bertz CT molecular complexity index is 576. The molecule has 0 bridgehead atoms. The first-order valence-corrected chi connectivity index (χ1v) is 6.77. The third kappa shape index (κ3) is 3.21. The topological polar surface area (TPSA) is 17.1 Å². The molecule has 0 saturated carbocycles. The van der Waals surface area contributed by atoms with Gasteiger partial charge in [-0.2, -0.15) is 0 Å². The molecule has 0 spiro atoms. The minimum Gasteiger partial charge on any atom is -0.294 e. The molecule has 2 aromatic rings. The molecule has 0 aromatic heterocycles. The van der Waals surface area contributed by atoms with Gasteiger partial charge >= 0.3 is 0 Å². The van der Waals surface area contributed by atoms with E-state index in [2.05, 4.69) is 15.9 Å². The first-order valence-electron chi connectivity index (χ1n) is 5.60. The molecule has 3 heteroatoms. The lowest BCUT2D eigenvalue weighted by atomic mass is 10.0. The Hall–Kier alpha value is -1.12. The van der Waals surface area contributed by atoms with E-state index in [1.54, 1.807) is 0 Å². The molecule has 0 aliphatic rings. The highest BCUT2D eigenvalue weighted by molar-refractivity contribution is 9.10. The monoisotopic (exact) mass is 322 g/mol. The molecule has 0 fully saturated rings. The number of carbonyl (C=O) groups is 1. The Kier molecular flexibility index (Phi) is 4.20. The number of benzene rings is 2. The maximum atomic E-state index is 12.1. The van der Waals surface area contributed by atoms with Crippen molar-refractivity contribution in [3.8, 4) is 0 Å². The van der Waals surface area contributed by atoms with Gasteiger partial charge in [0.25, 0.3) is 0 Å². The van der Waals surface area contributed by atoms with E-state index in [9.17, 15) is 4.79 Å². The smallest absolute Gasteiger partial charge is 0.167 e. The lowest BCUT2D eigenvalue weighted by molar-refractivity contribution is 0.0993. The van der Waals surface area contributed by atoms with Gasteiger partial charge in [-0.15, -0.1) is 0 Å². The Labute approximate surface area is 120 Å². The fraction of sp³-hybridized carbons (Fsp3) is 0.133. The largest absolute Gasteiger partial charge is 0.294 e. The highest BCUT2D eigenvalue weighted by Gasteiger charge is 2.09. The van der Waals surface area contributed by atoms with Crippen molar-refractivity contribution in [2.75, 3.05) is 0 Å². The number of rotatable bonds is 3. The SMILES string of the molecule is Cc1ccc(CC(=O)c2ccc(Br)cc2)c(Cl)c1. The number of Topliss-reactive ketones (excluding diaryl/α,β-unsaturated/α-hetero) is 1. The second kappa shape index (κ2) is 5.68. The van der Waals surface area contributed by atoms with Crippen molar-refractivity contribution in [3.05, 3.63) is 68.7 Å². The Balaban J connectivity index is 2.18. The van der Waals surface area contributed by atoms with Crippen LogP contribution < -0.4 is 0 Å². The van der Waals surface area contributed by atoms with Crippen molar-refractivity contribution < 1.29 is 4.79 Å². The highest BCUT2D eigenvalue weighted by atomic mass is 79.9. The lowest BCUT2D eigenvalue weighted by Gasteiger charge is -2.05. The van der Waals surface area contributed by atoms with Gasteiger partial charge in [0.05, 0.1) is 0 Å². The normalized spacial score (nSPS) is 10.4. The molecule has 0 N–H and O–H groups in total. The zero-order valence-electron chi connectivity index (χ0n) is 9.91. The molecule has 1 nitrogen and oxygen atoms in total. The van der Waals surface area contributed by atoms with E-state index in [0.717, 1.165) is 15.6 Å². The van der Waals surface area contributed by atoms with E-state index < -0.39 is 0 Å². The molecule has 0 atom stereocenters. The maximum Gasteiger partial charge on any atom is 0.167 e. The van der Waals surface area contributed by atoms with Crippen LogP contribution in [0.25, 0.3) is 0 Å². The average Bonchev–Trinajstić information content (AvgIpc) is 2.33. The molecular formula is C15H12BrClO. The molecule has 0 unspecified atom stereocenters. The second-order valence-electron chi connectivity index (χ2n) is 4.20. The van der Waals surface area contributed by atoms with Crippen molar-refractivity contribution in [1.29, 1.82) is 0 Å². The third-order valence-corrected chi connectivity index (χ3v) is 3.61. The van der Waals surface area contributed by atoms with Crippen LogP contribution in [0.5, 0.6) is 0 Å². The van der Waals surface area contributed by atoms with E-state index in [1.807, 2.05) is 49.4 Å². The summed E-state index contributed by atoms with van der Waals surface area (Å²) >= 11 is 9.48. The van der Waals surface area contributed by atoms with Crippen molar-refractivity contribution in [2.45, 2.75) is 13.3 Å². The quantitative estimate of drug-likeness (QED) is 0.739. The first-order chi connectivity index (χ1) is 8.56. The van der Waals surface area contributed by atoms with Crippen molar-refractivity contribution >= 4 is 33.3 Å². The van der Waals surface area contributed by atoms with Crippen LogP contribution in [-0.2, 0) is 6.42 Å². The van der Waals surface area contributed by atoms with Crippen LogP contribution in [-0.4, -0.2) is 5.78 Å². The molecule has 18 heavy (non-hydrogen) atoms. The molecule has 0 aliphatic carbocycles. The maximum absolute atomic E-state index is 12.1. The number of hydrogen-bond acceptors (Lipinski definition) is 1. The number of carbonyl (C=O) groups excluding carboxylic acids is 1. The van der Waals surface area contributed by atoms with E-state index in [4.69, 9.17) is 11.6 Å². The summed E-state index contributed by atoms with van der Waals surface area (Å²) < 4.78 is 0.965. The molecule has 0 radical (unpaired) electrons. The van der Waals surface area contributed by atoms with Gasteiger partial charge in [-0.25, -0.2) is 0 Å². The summed E-state index contributed by atoms with van der Waals surface area (Å²) in [6.45, 7) is 1.98. The van der Waals surface area contributed by atoms with Crippen LogP contribution in [0.4, 0.5) is 0 Å². The van der Waals surface area contributed by atoms with Crippen molar-refractivity contribution in [3.63, 3.8) is 0 Å². The van der Waals surface area contributed by atoms with E-state index >= 15 is 0 Å².